The van der Waals surface area contributed by atoms with Gasteiger partial charge in [-0.25, -0.2) is 4.68 Å². The van der Waals surface area contributed by atoms with Crippen molar-refractivity contribution in [2.45, 2.75) is 25.8 Å². The number of rotatable bonds is 2. The first-order valence-electron chi connectivity index (χ1n) is 5.79. The second-order valence-corrected chi connectivity index (χ2v) is 4.88. The fraction of sp³-hybridized carbons (Fsp3) is 0.308. The molecule has 0 saturated carbocycles. The maximum absolute atomic E-state index is 12.0. The molecule has 1 aliphatic carbocycles. The molecule has 0 unspecified atom stereocenters. The Labute approximate surface area is 104 Å². The smallest absolute Gasteiger partial charge is 0.270 e. The number of nitrogens with one attached hydrogen (secondary N) is 1. The number of hydrogen-bond donors (Lipinski definition) is 1. The van der Waals surface area contributed by atoms with Gasteiger partial charge < -0.3 is 0 Å². The monoisotopic (exact) mass is 248 g/mol. The molecule has 2 aromatic rings. The van der Waals surface area contributed by atoms with E-state index in [2.05, 4.69) is 5.10 Å². The molecule has 0 saturated heterocycles. The molecule has 3 rings (SSSR count). The summed E-state index contributed by atoms with van der Waals surface area (Å²) in [6.07, 6.45) is 3.01. The maximum Gasteiger partial charge on any atom is 0.270 e. The fourth-order valence-electron chi connectivity index (χ4n) is 2.36. The number of benzene rings is 1. The lowest BCUT2D eigenvalue weighted by molar-refractivity contribution is 0.641. The van der Waals surface area contributed by atoms with Crippen LogP contribution in [0.4, 0.5) is 0 Å². The molecule has 0 spiro atoms. The molecule has 88 valence electrons. The van der Waals surface area contributed by atoms with E-state index in [9.17, 15) is 4.79 Å². The molecular formula is C13H13ClN2O. The zero-order valence-corrected chi connectivity index (χ0v) is 10.1. The van der Waals surface area contributed by atoms with E-state index in [-0.39, 0.29) is 5.56 Å². The Morgan fingerprint density at radius 1 is 1.24 bits per heavy atom. The molecular weight excluding hydrogens is 236 g/mol. The summed E-state index contributed by atoms with van der Waals surface area (Å²) in [4.78, 5) is 12.0. The molecule has 3 nitrogen and oxygen atoms in total. The summed E-state index contributed by atoms with van der Waals surface area (Å²) in [7, 11) is 0. The van der Waals surface area contributed by atoms with Gasteiger partial charge in [0.1, 0.15) is 0 Å². The van der Waals surface area contributed by atoms with Crippen molar-refractivity contribution in [2.24, 2.45) is 0 Å². The number of fused-ring (bicyclic) bond motifs is 1. The van der Waals surface area contributed by atoms with Crippen molar-refractivity contribution in [1.29, 1.82) is 0 Å². The van der Waals surface area contributed by atoms with Gasteiger partial charge in [0, 0.05) is 16.3 Å². The van der Waals surface area contributed by atoms with Gasteiger partial charge in [0.05, 0.1) is 6.54 Å². The molecule has 1 aliphatic rings. The van der Waals surface area contributed by atoms with E-state index in [1.807, 2.05) is 24.3 Å². The first-order chi connectivity index (χ1) is 8.24. The van der Waals surface area contributed by atoms with Crippen molar-refractivity contribution in [2.75, 3.05) is 0 Å². The third-order valence-electron chi connectivity index (χ3n) is 3.25. The quantitative estimate of drug-likeness (QED) is 0.871. The number of H-pyrrole nitrogens is 1. The second-order valence-electron chi connectivity index (χ2n) is 4.44. The van der Waals surface area contributed by atoms with Crippen LogP contribution in [0.1, 0.15) is 23.2 Å². The van der Waals surface area contributed by atoms with Crippen molar-refractivity contribution in [3.63, 3.8) is 0 Å². The van der Waals surface area contributed by atoms with Crippen LogP contribution in [-0.2, 0) is 19.4 Å². The molecule has 1 aromatic carbocycles. The van der Waals surface area contributed by atoms with E-state index in [0.717, 1.165) is 41.1 Å². The van der Waals surface area contributed by atoms with E-state index in [4.69, 9.17) is 11.6 Å². The molecule has 0 bridgehead atoms. The standard InChI is InChI=1S/C13H13ClN2O/c14-10-6-4-9(5-7-10)8-16-13(17)11-2-1-3-12(11)15-16/h4-7,15H,1-3,8H2. The maximum atomic E-state index is 12.0. The van der Waals surface area contributed by atoms with E-state index in [1.54, 1.807) is 4.68 Å². The van der Waals surface area contributed by atoms with Crippen molar-refractivity contribution in [3.8, 4) is 0 Å². The van der Waals surface area contributed by atoms with Gasteiger partial charge in [-0.05, 0) is 37.0 Å². The third kappa shape index (κ3) is 1.91. The minimum absolute atomic E-state index is 0.132. The fourth-order valence-corrected chi connectivity index (χ4v) is 2.49. The summed E-state index contributed by atoms with van der Waals surface area (Å²) in [6, 6.07) is 7.58. The zero-order chi connectivity index (χ0) is 11.8. The minimum Gasteiger partial charge on any atom is -0.299 e. The zero-order valence-electron chi connectivity index (χ0n) is 9.37. The first kappa shape index (κ1) is 10.7. The van der Waals surface area contributed by atoms with Crippen LogP contribution in [0.2, 0.25) is 5.02 Å². The van der Waals surface area contributed by atoms with E-state index < -0.39 is 0 Å². The Balaban J connectivity index is 1.91. The number of aromatic amines is 1. The summed E-state index contributed by atoms with van der Waals surface area (Å²) >= 11 is 5.83. The second kappa shape index (κ2) is 4.08. The van der Waals surface area contributed by atoms with Gasteiger partial charge in [0.15, 0.2) is 0 Å². The Morgan fingerprint density at radius 2 is 2.00 bits per heavy atom. The SMILES string of the molecule is O=c1c2c([nH]n1Cc1ccc(Cl)cc1)CCC2. The van der Waals surface area contributed by atoms with Gasteiger partial charge in [0.25, 0.3) is 5.56 Å². The number of nitrogens with zero attached hydrogens (tertiary/aromatic N) is 1. The highest BCUT2D eigenvalue weighted by atomic mass is 35.5. The molecule has 0 amide bonds. The van der Waals surface area contributed by atoms with Crippen LogP contribution >= 0.6 is 11.6 Å². The summed E-state index contributed by atoms with van der Waals surface area (Å²) in [6.45, 7) is 0.586. The average molecular weight is 249 g/mol. The van der Waals surface area contributed by atoms with Crippen molar-refractivity contribution in [1.82, 2.24) is 9.78 Å². The first-order valence-corrected chi connectivity index (χ1v) is 6.17. The lowest BCUT2D eigenvalue weighted by Crippen LogP contribution is -2.19. The van der Waals surface area contributed by atoms with Crippen LogP contribution in [0, 0.1) is 0 Å². The number of aromatic nitrogens is 2. The number of hydrogen-bond acceptors (Lipinski definition) is 1. The van der Waals surface area contributed by atoms with Crippen LogP contribution < -0.4 is 5.56 Å². The summed E-state index contributed by atoms with van der Waals surface area (Å²) < 4.78 is 1.69. The largest absolute Gasteiger partial charge is 0.299 e. The molecule has 1 aromatic heterocycles. The van der Waals surface area contributed by atoms with Gasteiger partial charge in [-0.3, -0.25) is 9.89 Å². The summed E-state index contributed by atoms with van der Waals surface area (Å²) in [5.74, 6) is 0. The van der Waals surface area contributed by atoms with Crippen molar-refractivity contribution >= 4 is 11.6 Å². The Bertz CT molecular complexity index is 595. The predicted octanol–water partition coefficient (Wildman–Crippen LogP) is 2.37. The third-order valence-corrected chi connectivity index (χ3v) is 3.50. The number of aryl methyl sites for hydroxylation is 1. The molecule has 0 fully saturated rings. The van der Waals surface area contributed by atoms with Crippen LogP contribution in [0.3, 0.4) is 0 Å². The summed E-state index contributed by atoms with van der Waals surface area (Å²) in [5.41, 5.74) is 3.30. The van der Waals surface area contributed by atoms with E-state index >= 15 is 0 Å². The van der Waals surface area contributed by atoms with Gasteiger partial charge in [-0.2, -0.15) is 0 Å². The topological polar surface area (TPSA) is 37.8 Å². The molecule has 1 heterocycles. The lowest BCUT2D eigenvalue weighted by Gasteiger charge is -2.03. The van der Waals surface area contributed by atoms with Crippen LogP contribution in [-0.4, -0.2) is 9.78 Å². The minimum atomic E-state index is 0.132. The molecule has 0 radical (unpaired) electrons. The molecule has 0 atom stereocenters. The molecule has 1 N–H and O–H groups in total. The van der Waals surface area contributed by atoms with Gasteiger partial charge >= 0.3 is 0 Å². The van der Waals surface area contributed by atoms with Gasteiger partial charge in [-0.1, -0.05) is 23.7 Å². The molecule has 0 aliphatic heterocycles. The Morgan fingerprint density at radius 3 is 2.71 bits per heavy atom. The van der Waals surface area contributed by atoms with Crippen LogP contribution in [0.15, 0.2) is 29.1 Å². The van der Waals surface area contributed by atoms with Crippen molar-refractivity contribution < 1.29 is 0 Å². The van der Waals surface area contributed by atoms with Crippen LogP contribution in [0.5, 0.6) is 0 Å². The highest BCUT2D eigenvalue weighted by Gasteiger charge is 2.18. The number of halogens is 1. The average Bonchev–Trinajstić information content (AvgIpc) is 2.87. The highest BCUT2D eigenvalue weighted by molar-refractivity contribution is 6.30. The molecule has 17 heavy (non-hydrogen) atoms. The van der Waals surface area contributed by atoms with Crippen molar-refractivity contribution in [3.05, 3.63) is 56.5 Å². The highest BCUT2D eigenvalue weighted by Crippen LogP contribution is 2.16. The Kier molecular flexibility index (Phi) is 2.56. The lowest BCUT2D eigenvalue weighted by atomic mass is 10.2. The van der Waals surface area contributed by atoms with Crippen LogP contribution in [0.25, 0.3) is 0 Å². The van der Waals surface area contributed by atoms with E-state index in [0.29, 0.717) is 6.54 Å². The summed E-state index contributed by atoms with van der Waals surface area (Å²) in [5, 5.41) is 3.91. The molecule has 4 heteroatoms. The van der Waals surface area contributed by atoms with Gasteiger partial charge in [-0.15, -0.1) is 0 Å². The van der Waals surface area contributed by atoms with Gasteiger partial charge in [0.2, 0.25) is 0 Å². The van der Waals surface area contributed by atoms with E-state index in [1.165, 1.54) is 0 Å². The Hall–Kier alpha value is -1.48. The predicted molar refractivity (Wildman–Crippen MR) is 67.6 cm³/mol. The normalized spacial score (nSPS) is 13.9.